The van der Waals surface area contributed by atoms with Crippen LogP contribution in [-0.2, 0) is 11.3 Å². The Kier molecular flexibility index (Phi) is 5.72. The summed E-state index contributed by atoms with van der Waals surface area (Å²) in [5.41, 5.74) is 3.53. The average Bonchev–Trinajstić information content (AvgIpc) is 3.41. The van der Waals surface area contributed by atoms with E-state index in [1.54, 1.807) is 16.2 Å². The quantitative estimate of drug-likeness (QED) is 0.639. The van der Waals surface area contributed by atoms with Crippen molar-refractivity contribution in [2.45, 2.75) is 52.1 Å². The molecule has 0 saturated heterocycles. The number of likely N-dealkylation sites (N-methyl/N-ethyl adjacent to an activating group) is 1. The number of carbonyl (C=O) groups is 2. The van der Waals surface area contributed by atoms with Crippen molar-refractivity contribution in [1.29, 1.82) is 0 Å². The van der Waals surface area contributed by atoms with Crippen LogP contribution in [0.15, 0.2) is 41.8 Å². The Morgan fingerprint density at radius 2 is 2.00 bits per heavy atom. The Bertz CT molecular complexity index is 1030. The molecule has 3 aromatic rings. The van der Waals surface area contributed by atoms with E-state index in [0.717, 1.165) is 34.3 Å². The molecule has 1 aromatic carbocycles. The number of amides is 2. The van der Waals surface area contributed by atoms with E-state index in [1.165, 1.54) is 12.8 Å². The molecule has 1 aliphatic rings. The second-order valence-corrected chi connectivity index (χ2v) is 8.67. The predicted octanol–water partition coefficient (Wildman–Crippen LogP) is 4.74. The lowest BCUT2D eigenvalue weighted by atomic mass is 10.2. The molecule has 0 radical (unpaired) electrons. The zero-order valence-electron chi connectivity index (χ0n) is 17.0. The van der Waals surface area contributed by atoms with Gasteiger partial charge in [-0.3, -0.25) is 9.59 Å². The second-order valence-electron chi connectivity index (χ2n) is 7.72. The van der Waals surface area contributed by atoms with E-state index < -0.39 is 0 Å². The van der Waals surface area contributed by atoms with Gasteiger partial charge in [0.15, 0.2) is 0 Å². The number of nitrogens with zero attached hydrogens (tertiary/aromatic N) is 2. The Balaban J connectivity index is 1.61. The third kappa shape index (κ3) is 4.08. The summed E-state index contributed by atoms with van der Waals surface area (Å²) in [5.74, 6) is -0.0941. The van der Waals surface area contributed by atoms with Crippen LogP contribution in [0.25, 0.3) is 10.2 Å². The number of hydrogen-bond donors (Lipinski definition) is 1. The molecule has 0 spiro atoms. The first kappa shape index (κ1) is 19.7. The second kappa shape index (κ2) is 8.41. The van der Waals surface area contributed by atoms with Crippen LogP contribution in [0.1, 0.15) is 48.7 Å². The van der Waals surface area contributed by atoms with Gasteiger partial charge in [0.05, 0.1) is 10.2 Å². The SMILES string of the molecule is CCN(C(=O)Cn1c(C(=O)NC2CCCC2)cc2sccc21)c1cccc(C)c1. The Hall–Kier alpha value is -2.60. The van der Waals surface area contributed by atoms with Gasteiger partial charge in [-0.2, -0.15) is 0 Å². The third-order valence-electron chi connectivity index (χ3n) is 5.67. The van der Waals surface area contributed by atoms with Crippen LogP contribution in [0, 0.1) is 6.92 Å². The number of benzene rings is 1. The molecule has 0 atom stereocenters. The summed E-state index contributed by atoms with van der Waals surface area (Å²) in [7, 11) is 0. The Morgan fingerprint density at radius 1 is 1.21 bits per heavy atom. The van der Waals surface area contributed by atoms with Gasteiger partial charge in [0.2, 0.25) is 5.91 Å². The van der Waals surface area contributed by atoms with Crippen molar-refractivity contribution in [3.63, 3.8) is 0 Å². The lowest BCUT2D eigenvalue weighted by molar-refractivity contribution is -0.119. The fourth-order valence-electron chi connectivity index (χ4n) is 4.18. The van der Waals surface area contributed by atoms with Gasteiger partial charge in [-0.05, 0) is 61.9 Å². The van der Waals surface area contributed by atoms with Gasteiger partial charge < -0.3 is 14.8 Å². The van der Waals surface area contributed by atoms with Crippen molar-refractivity contribution in [1.82, 2.24) is 9.88 Å². The first-order valence-corrected chi connectivity index (χ1v) is 11.2. The highest BCUT2D eigenvalue weighted by molar-refractivity contribution is 7.17. The number of aryl methyl sites for hydroxylation is 1. The van der Waals surface area contributed by atoms with E-state index in [1.807, 2.05) is 60.2 Å². The van der Waals surface area contributed by atoms with E-state index in [0.29, 0.717) is 12.2 Å². The fraction of sp³-hybridized carbons (Fsp3) is 0.391. The van der Waals surface area contributed by atoms with E-state index in [-0.39, 0.29) is 24.4 Å². The summed E-state index contributed by atoms with van der Waals surface area (Å²) in [4.78, 5) is 28.0. The van der Waals surface area contributed by atoms with Gasteiger partial charge in [0.25, 0.3) is 5.91 Å². The number of fused-ring (bicyclic) bond motifs is 1. The zero-order valence-corrected chi connectivity index (χ0v) is 17.8. The summed E-state index contributed by atoms with van der Waals surface area (Å²) in [6, 6.07) is 12.1. The molecule has 2 aromatic heterocycles. The minimum absolute atomic E-state index is 0.0169. The first-order chi connectivity index (χ1) is 14.1. The van der Waals surface area contributed by atoms with Crippen molar-refractivity contribution in [3.05, 3.63) is 53.0 Å². The van der Waals surface area contributed by atoms with Gasteiger partial charge in [-0.25, -0.2) is 0 Å². The van der Waals surface area contributed by atoms with Crippen LogP contribution in [0.4, 0.5) is 5.69 Å². The minimum atomic E-state index is -0.0771. The smallest absolute Gasteiger partial charge is 0.268 e. The molecular formula is C23H27N3O2S. The molecule has 0 bridgehead atoms. The summed E-state index contributed by atoms with van der Waals surface area (Å²) < 4.78 is 2.91. The molecular weight excluding hydrogens is 382 g/mol. The van der Waals surface area contributed by atoms with E-state index >= 15 is 0 Å². The van der Waals surface area contributed by atoms with E-state index in [2.05, 4.69) is 5.32 Å². The molecule has 152 valence electrons. The minimum Gasteiger partial charge on any atom is -0.348 e. The highest BCUT2D eigenvalue weighted by Gasteiger charge is 2.24. The average molecular weight is 410 g/mol. The predicted molar refractivity (Wildman–Crippen MR) is 119 cm³/mol. The van der Waals surface area contributed by atoms with E-state index in [9.17, 15) is 9.59 Å². The van der Waals surface area contributed by atoms with Gasteiger partial charge in [0.1, 0.15) is 12.2 Å². The standard InChI is InChI=1S/C23H27N3O2S/c1-3-25(18-10-6-7-16(2)13-18)22(27)15-26-19-11-12-29-21(19)14-20(26)23(28)24-17-8-4-5-9-17/h6-7,10-14,17H,3-5,8-9,15H2,1-2H3,(H,24,28). The summed E-state index contributed by atoms with van der Waals surface area (Å²) in [6.07, 6.45) is 4.41. The number of carbonyl (C=O) groups excluding carboxylic acids is 2. The number of hydrogen-bond acceptors (Lipinski definition) is 3. The van der Waals surface area contributed by atoms with Crippen molar-refractivity contribution in [2.24, 2.45) is 0 Å². The number of aromatic nitrogens is 1. The molecule has 6 heteroatoms. The molecule has 4 rings (SSSR count). The van der Waals surface area contributed by atoms with Crippen molar-refractivity contribution >= 4 is 39.1 Å². The molecule has 1 fully saturated rings. The van der Waals surface area contributed by atoms with Gasteiger partial charge >= 0.3 is 0 Å². The molecule has 2 heterocycles. The molecule has 0 unspecified atom stereocenters. The number of thiophene rings is 1. The molecule has 1 saturated carbocycles. The molecule has 5 nitrogen and oxygen atoms in total. The monoisotopic (exact) mass is 409 g/mol. The lowest BCUT2D eigenvalue weighted by Crippen LogP contribution is -2.37. The third-order valence-corrected chi connectivity index (χ3v) is 6.52. The number of nitrogens with one attached hydrogen (secondary N) is 1. The van der Waals surface area contributed by atoms with Crippen LogP contribution in [0.5, 0.6) is 0 Å². The molecule has 2 amide bonds. The van der Waals surface area contributed by atoms with Crippen molar-refractivity contribution in [3.8, 4) is 0 Å². The van der Waals surface area contributed by atoms with Crippen LogP contribution in [0.3, 0.4) is 0 Å². The lowest BCUT2D eigenvalue weighted by Gasteiger charge is -2.23. The van der Waals surface area contributed by atoms with Crippen LogP contribution in [0.2, 0.25) is 0 Å². The maximum atomic E-state index is 13.2. The molecule has 0 aliphatic heterocycles. The highest BCUT2D eigenvalue weighted by Crippen LogP contribution is 2.27. The van der Waals surface area contributed by atoms with Gasteiger partial charge in [-0.15, -0.1) is 11.3 Å². The zero-order chi connectivity index (χ0) is 20.4. The maximum absolute atomic E-state index is 13.2. The summed E-state index contributed by atoms with van der Waals surface area (Å²) >= 11 is 1.60. The summed E-state index contributed by atoms with van der Waals surface area (Å²) in [5, 5.41) is 5.16. The normalized spacial score (nSPS) is 14.4. The molecule has 29 heavy (non-hydrogen) atoms. The summed E-state index contributed by atoms with van der Waals surface area (Å²) in [6.45, 7) is 4.73. The van der Waals surface area contributed by atoms with Crippen molar-refractivity contribution < 1.29 is 9.59 Å². The fourth-order valence-corrected chi connectivity index (χ4v) is 5.01. The van der Waals surface area contributed by atoms with E-state index in [4.69, 9.17) is 0 Å². The number of anilines is 1. The molecule has 1 N–H and O–H groups in total. The van der Waals surface area contributed by atoms with Crippen molar-refractivity contribution in [2.75, 3.05) is 11.4 Å². The largest absolute Gasteiger partial charge is 0.348 e. The first-order valence-electron chi connectivity index (χ1n) is 10.3. The maximum Gasteiger partial charge on any atom is 0.268 e. The van der Waals surface area contributed by atoms with Gasteiger partial charge in [0, 0.05) is 18.3 Å². The Labute approximate surface area is 175 Å². The topological polar surface area (TPSA) is 54.3 Å². The Morgan fingerprint density at radius 3 is 2.72 bits per heavy atom. The van der Waals surface area contributed by atoms with Crippen LogP contribution >= 0.6 is 11.3 Å². The number of rotatable bonds is 6. The van der Waals surface area contributed by atoms with Gasteiger partial charge in [-0.1, -0.05) is 25.0 Å². The van der Waals surface area contributed by atoms with Crippen LogP contribution < -0.4 is 10.2 Å². The van der Waals surface area contributed by atoms with Crippen LogP contribution in [-0.4, -0.2) is 29.0 Å². The molecule has 1 aliphatic carbocycles. The highest BCUT2D eigenvalue weighted by atomic mass is 32.1.